The van der Waals surface area contributed by atoms with E-state index in [1.807, 2.05) is 60.7 Å². The molecule has 5 rings (SSSR count). The first-order valence-corrected chi connectivity index (χ1v) is 10.0. The molecule has 0 aliphatic carbocycles. The largest absolute Gasteiger partial charge is 0.366 e. The SMILES string of the molecule is NC(=O)/C(=C\c1c[nH]c2ncc(NC(=O)c3c[nH]c4ccccc34)cc12)c1ccccc1. The third-order valence-corrected chi connectivity index (χ3v) is 5.30. The van der Waals surface area contributed by atoms with Crippen LogP contribution >= 0.6 is 0 Å². The van der Waals surface area contributed by atoms with E-state index in [-0.39, 0.29) is 5.91 Å². The maximum atomic E-state index is 12.9. The third kappa shape index (κ3) is 3.52. The first kappa shape index (κ1) is 19.3. The summed E-state index contributed by atoms with van der Waals surface area (Å²) in [6.07, 6.45) is 6.76. The molecule has 0 aliphatic heterocycles. The van der Waals surface area contributed by atoms with E-state index in [0.717, 1.165) is 27.4 Å². The fourth-order valence-corrected chi connectivity index (χ4v) is 3.74. The number of primary amides is 1. The Balaban J connectivity index is 1.50. The molecular formula is C25H19N5O2. The number of pyridine rings is 1. The van der Waals surface area contributed by atoms with Gasteiger partial charge in [0.1, 0.15) is 5.65 Å². The highest BCUT2D eigenvalue weighted by Gasteiger charge is 2.14. The van der Waals surface area contributed by atoms with Gasteiger partial charge >= 0.3 is 0 Å². The Morgan fingerprint density at radius 2 is 1.72 bits per heavy atom. The van der Waals surface area contributed by atoms with Crippen molar-refractivity contribution in [1.82, 2.24) is 15.0 Å². The van der Waals surface area contributed by atoms with Crippen LogP contribution in [0.3, 0.4) is 0 Å². The Morgan fingerprint density at radius 1 is 0.938 bits per heavy atom. The summed E-state index contributed by atoms with van der Waals surface area (Å²) in [5, 5.41) is 4.51. The molecule has 0 atom stereocenters. The molecular weight excluding hydrogens is 402 g/mol. The normalized spacial score (nSPS) is 11.7. The lowest BCUT2D eigenvalue weighted by Gasteiger charge is -2.06. The molecule has 5 N–H and O–H groups in total. The molecule has 0 aliphatic rings. The first-order chi connectivity index (χ1) is 15.6. The lowest BCUT2D eigenvalue weighted by molar-refractivity contribution is -0.112. The van der Waals surface area contributed by atoms with E-state index in [0.29, 0.717) is 22.5 Å². The zero-order chi connectivity index (χ0) is 22.1. The molecule has 0 radical (unpaired) electrons. The maximum absolute atomic E-state index is 12.9. The van der Waals surface area contributed by atoms with Crippen molar-refractivity contribution in [3.05, 3.63) is 95.9 Å². The number of hydrogen-bond acceptors (Lipinski definition) is 3. The van der Waals surface area contributed by atoms with E-state index < -0.39 is 5.91 Å². The quantitative estimate of drug-likeness (QED) is 0.317. The number of fused-ring (bicyclic) bond motifs is 2. The number of para-hydroxylation sites is 1. The number of H-pyrrole nitrogens is 2. The van der Waals surface area contributed by atoms with Crippen molar-refractivity contribution in [3.63, 3.8) is 0 Å². The summed E-state index contributed by atoms with van der Waals surface area (Å²) in [5.74, 6) is -0.763. The van der Waals surface area contributed by atoms with Crippen molar-refractivity contribution in [3.8, 4) is 0 Å². The fraction of sp³-hybridized carbons (Fsp3) is 0. The predicted molar refractivity (Wildman–Crippen MR) is 126 cm³/mol. The van der Waals surface area contributed by atoms with Crippen LogP contribution < -0.4 is 11.1 Å². The van der Waals surface area contributed by atoms with E-state index >= 15 is 0 Å². The number of carbonyl (C=O) groups excluding carboxylic acids is 2. The van der Waals surface area contributed by atoms with Crippen molar-refractivity contribution >= 4 is 51.1 Å². The van der Waals surface area contributed by atoms with Crippen molar-refractivity contribution in [2.24, 2.45) is 5.73 Å². The molecule has 2 aromatic carbocycles. The Hall–Kier alpha value is -4.65. The molecule has 32 heavy (non-hydrogen) atoms. The highest BCUT2D eigenvalue weighted by molar-refractivity contribution is 6.24. The highest BCUT2D eigenvalue weighted by Crippen LogP contribution is 2.26. The molecule has 0 unspecified atom stereocenters. The maximum Gasteiger partial charge on any atom is 0.257 e. The van der Waals surface area contributed by atoms with Gasteiger partial charge in [-0.15, -0.1) is 0 Å². The number of aromatic amines is 2. The summed E-state index contributed by atoms with van der Waals surface area (Å²) in [5.41, 5.74) is 10.1. The van der Waals surface area contributed by atoms with Gasteiger partial charge in [0.25, 0.3) is 5.91 Å². The fourth-order valence-electron chi connectivity index (χ4n) is 3.74. The number of benzene rings is 2. The average molecular weight is 421 g/mol. The van der Waals surface area contributed by atoms with Crippen LogP contribution in [0, 0.1) is 0 Å². The number of rotatable bonds is 5. The zero-order valence-electron chi connectivity index (χ0n) is 16.9. The monoisotopic (exact) mass is 421 g/mol. The van der Waals surface area contributed by atoms with Crippen LogP contribution in [0.1, 0.15) is 21.5 Å². The molecule has 0 bridgehead atoms. The summed E-state index contributed by atoms with van der Waals surface area (Å²) >= 11 is 0. The van der Waals surface area contributed by atoms with Crippen LogP contribution in [-0.2, 0) is 4.79 Å². The lowest BCUT2D eigenvalue weighted by atomic mass is 10.0. The summed E-state index contributed by atoms with van der Waals surface area (Å²) in [4.78, 5) is 35.5. The Kier molecular flexibility index (Phi) is 4.76. The van der Waals surface area contributed by atoms with Crippen molar-refractivity contribution in [2.75, 3.05) is 5.32 Å². The van der Waals surface area contributed by atoms with Crippen molar-refractivity contribution < 1.29 is 9.59 Å². The van der Waals surface area contributed by atoms with Gasteiger partial charge in [0.15, 0.2) is 0 Å². The molecule has 0 fully saturated rings. The van der Waals surface area contributed by atoms with Gasteiger partial charge in [-0.3, -0.25) is 9.59 Å². The van der Waals surface area contributed by atoms with Crippen LogP contribution in [-0.4, -0.2) is 26.8 Å². The minimum Gasteiger partial charge on any atom is -0.366 e. The van der Waals surface area contributed by atoms with Gasteiger partial charge in [-0.05, 0) is 23.8 Å². The lowest BCUT2D eigenvalue weighted by Crippen LogP contribution is -2.12. The molecule has 0 saturated carbocycles. The summed E-state index contributed by atoms with van der Waals surface area (Å²) in [7, 11) is 0. The van der Waals surface area contributed by atoms with Gasteiger partial charge in [-0.2, -0.15) is 0 Å². The molecule has 7 nitrogen and oxygen atoms in total. The van der Waals surface area contributed by atoms with Crippen LogP contribution in [0.2, 0.25) is 0 Å². The van der Waals surface area contributed by atoms with Gasteiger partial charge in [-0.25, -0.2) is 4.98 Å². The second-order valence-corrected chi connectivity index (χ2v) is 7.35. The Bertz CT molecular complexity index is 1490. The Morgan fingerprint density at radius 3 is 2.53 bits per heavy atom. The number of hydrogen-bond donors (Lipinski definition) is 4. The van der Waals surface area contributed by atoms with E-state index in [4.69, 9.17) is 5.73 Å². The summed E-state index contributed by atoms with van der Waals surface area (Å²) in [6, 6.07) is 18.7. The number of carbonyl (C=O) groups is 2. The molecule has 7 heteroatoms. The van der Waals surface area contributed by atoms with Crippen molar-refractivity contribution in [2.45, 2.75) is 0 Å². The minimum absolute atomic E-state index is 0.238. The van der Waals surface area contributed by atoms with E-state index in [1.165, 1.54) is 0 Å². The van der Waals surface area contributed by atoms with E-state index in [2.05, 4.69) is 20.3 Å². The number of anilines is 1. The standard InChI is InChI=1S/C25H19N5O2/c26-23(31)19(15-6-2-1-3-7-15)10-16-12-28-24-20(16)11-17(13-29-24)30-25(32)21-14-27-22-9-5-4-8-18(21)22/h1-14,27H,(H2,26,31)(H,28,29)(H,30,32)/b19-10-. The van der Waals surface area contributed by atoms with Crippen LogP contribution in [0.15, 0.2) is 79.3 Å². The molecule has 5 aromatic rings. The predicted octanol–water partition coefficient (Wildman–Crippen LogP) is 4.32. The van der Waals surface area contributed by atoms with Crippen LogP contribution in [0.4, 0.5) is 5.69 Å². The summed E-state index contributed by atoms with van der Waals surface area (Å²) in [6.45, 7) is 0. The molecule has 156 valence electrons. The van der Waals surface area contributed by atoms with Gasteiger partial charge in [-0.1, -0.05) is 48.5 Å². The molecule has 3 heterocycles. The second-order valence-electron chi connectivity index (χ2n) is 7.35. The molecule has 2 amide bonds. The molecule has 3 aromatic heterocycles. The van der Waals surface area contributed by atoms with Gasteiger partial charge in [0.2, 0.25) is 5.91 Å². The summed E-state index contributed by atoms with van der Waals surface area (Å²) < 4.78 is 0. The number of nitrogens with two attached hydrogens (primary N) is 1. The second kappa shape index (κ2) is 7.88. The van der Waals surface area contributed by atoms with Gasteiger partial charge < -0.3 is 21.0 Å². The van der Waals surface area contributed by atoms with Gasteiger partial charge in [0.05, 0.1) is 17.4 Å². The minimum atomic E-state index is -0.526. The molecule has 0 spiro atoms. The number of aromatic nitrogens is 3. The number of amides is 2. The molecule has 0 saturated heterocycles. The topological polar surface area (TPSA) is 117 Å². The smallest absolute Gasteiger partial charge is 0.257 e. The third-order valence-electron chi connectivity index (χ3n) is 5.30. The number of nitrogens with one attached hydrogen (secondary N) is 3. The average Bonchev–Trinajstić information content (AvgIpc) is 3.42. The number of nitrogens with zero attached hydrogens (tertiary/aromatic N) is 1. The van der Waals surface area contributed by atoms with Crippen molar-refractivity contribution in [1.29, 1.82) is 0 Å². The Labute approximate surface area is 183 Å². The zero-order valence-corrected chi connectivity index (χ0v) is 16.9. The van der Waals surface area contributed by atoms with Crippen LogP contribution in [0.25, 0.3) is 33.6 Å². The van der Waals surface area contributed by atoms with Crippen LogP contribution in [0.5, 0.6) is 0 Å². The first-order valence-electron chi connectivity index (χ1n) is 10.0. The van der Waals surface area contributed by atoms with E-state index in [1.54, 1.807) is 24.7 Å². The van der Waals surface area contributed by atoms with Gasteiger partial charge in [0, 0.05) is 39.8 Å². The highest BCUT2D eigenvalue weighted by atomic mass is 16.2. The van der Waals surface area contributed by atoms with E-state index in [9.17, 15) is 9.59 Å².